The number of nitrogens with zero attached hydrogens (tertiary/aromatic N) is 3. The Kier molecular flexibility index (Phi) is 3.96. The van der Waals surface area contributed by atoms with Crippen molar-refractivity contribution in [3.05, 3.63) is 24.5 Å². The van der Waals surface area contributed by atoms with E-state index in [1.54, 1.807) is 10.7 Å². The molecule has 2 heterocycles. The van der Waals surface area contributed by atoms with Crippen LogP contribution in [0.2, 0.25) is 0 Å². The molecule has 0 radical (unpaired) electrons. The smallest absolute Gasteiger partial charge is 0.157 e. The largest absolute Gasteiger partial charge is 0.370 e. The van der Waals surface area contributed by atoms with Crippen molar-refractivity contribution in [2.75, 3.05) is 11.9 Å². The predicted octanol–water partition coefficient (Wildman–Crippen LogP) is 2.97. The first-order chi connectivity index (χ1) is 8.25. The number of nitrogens with one attached hydrogen (secondary N) is 1. The highest BCUT2D eigenvalue weighted by Gasteiger charge is 1.98. The monoisotopic (exact) mass is 232 g/mol. The molecule has 4 nitrogen and oxygen atoms in total. The SMILES string of the molecule is CC(C)CCCCNc1ccn2nccc2n1. The van der Waals surface area contributed by atoms with Gasteiger partial charge in [-0.05, 0) is 18.4 Å². The lowest BCUT2D eigenvalue weighted by Crippen LogP contribution is -2.04. The van der Waals surface area contributed by atoms with Crippen molar-refractivity contribution in [2.45, 2.75) is 33.1 Å². The number of rotatable bonds is 6. The molecule has 0 saturated heterocycles. The molecular weight excluding hydrogens is 212 g/mol. The summed E-state index contributed by atoms with van der Waals surface area (Å²) in [6, 6.07) is 3.87. The first-order valence-electron chi connectivity index (χ1n) is 6.30. The number of unbranched alkanes of at least 4 members (excludes halogenated alkanes) is 1. The zero-order chi connectivity index (χ0) is 12.1. The summed E-state index contributed by atoms with van der Waals surface area (Å²) in [5.74, 6) is 1.74. The zero-order valence-electron chi connectivity index (χ0n) is 10.6. The molecule has 0 aromatic carbocycles. The fourth-order valence-corrected chi connectivity index (χ4v) is 1.81. The zero-order valence-corrected chi connectivity index (χ0v) is 10.6. The first kappa shape index (κ1) is 11.9. The average Bonchev–Trinajstić information content (AvgIpc) is 2.75. The Balaban J connectivity index is 1.78. The van der Waals surface area contributed by atoms with Gasteiger partial charge in [0.1, 0.15) is 5.82 Å². The number of fused-ring (bicyclic) bond motifs is 1. The molecule has 0 unspecified atom stereocenters. The van der Waals surface area contributed by atoms with E-state index in [2.05, 4.69) is 29.2 Å². The molecule has 0 saturated carbocycles. The maximum atomic E-state index is 4.46. The van der Waals surface area contributed by atoms with E-state index in [1.807, 2.05) is 18.3 Å². The standard InChI is InChI=1S/C13H20N4/c1-11(2)5-3-4-8-14-12-7-10-17-13(16-12)6-9-15-17/h6-7,9-11H,3-5,8H2,1-2H3,(H,14,16). The van der Waals surface area contributed by atoms with Crippen LogP contribution in [-0.2, 0) is 0 Å². The van der Waals surface area contributed by atoms with Crippen LogP contribution in [0, 0.1) is 5.92 Å². The Morgan fingerprint density at radius 2 is 2.18 bits per heavy atom. The van der Waals surface area contributed by atoms with Crippen molar-refractivity contribution >= 4 is 11.5 Å². The third kappa shape index (κ3) is 3.44. The highest BCUT2D eigenvalue weighted by Crippen LogP contribution is 2.08. The third-order valence-corrected chi connectivity index (χ3v) is 2.77. The highest BCUT2D eigenvalue weighted by molar-refractivity contribution is 5.45. The van der Waals surface area contributed by atoms with Gasteiger partial charge in [0.25, 0.3) is 0 Å². The van der Waals surface area contributed by atoms with Gasteiger partial charge in [-0.15, -0.1) is 0 Å². The van der Waals surface area contributed by atoms with Crippen LogP contribution in [0.1, 0.15) is 33.1 Å². The molecule has 0 spiro atoms. The fourth-order valence-electron chi connectivity index (χ4n) is 1.81. The Bertz CT molecular complexity index is 461. The summed E-state index contributed by atoms with van der Waals surface area (Å²) in [6.45, 7) is 5.52. The Morgan fingerprint density at radius 3 is 3.00 bits per heavy atom. The molecule has 0 amide bonds. The molecule has 0 bridgehead atoms. The van der Waals surface area contributed by atoms with E-state index in [1.165, 1.54) is 19.3 Å². The van der Waals surface area contributed by atoms with Crippen LogP contribution < -0.4 is 5.32 Å². The van der Waals surface area contributed by atoms with Gasteiger partial charge in [-0.1, -0.05) is 26.7 Å². The first-order valence-corrected chi connectivity index (χ1v) is 6.30. The topological polar surface area (TPSA) is 42.2 Å². The Labute approximate surface area is 102 Å². The molecule has 0 aliphatic rings. The van der Waals surface area contributed by atoms with Crippen molar-refractivity contribution in [3.63, 3.8) is 0 Å². The summed E-state index contributed by atoms with van der Waals surface area (Å²) < 4.78 is 1.77. The van der Waals surface area contributed by atoms with E-state index < -0.39 is 0 Å². The normalized spacial score (nSPS) is 11.2. The molecule has 2 rings (SSSR count). The summed E-state index contributed by atoms with van der Waals surface area (Å²) in [4.78, 5) is 4.46. The van der Waals surface area contributed by atoms with Crippen molar-refractivity contribution in [1.82, 2.24) is 14.6 Å². The lowest BCUT2D eigenvalue weighted by molar-refractivity contribution is 0.544. The molecular formula is C13H20N4. The third-order valence-electron chi connectivity index (χ3n) is 2.77. The molecule has 0 aliphatic heterocycles. The lowest BCUT2D eigenvalue weighted by Gasteiger charge is -2.07. The van der Waals surface area contributed by atoms with Gasteiger partial charge in [-0.2, -0.15) is 5.10 Å². The number of hydrogen-bond acceptors (Lipinski definition) is 3. The molecule has 2 aromatic heterocycles. The summed E-state index contributed by atoms with van der Waals surface area (Å²) in [6.07, 6.45) is 7.47. The second-order valence-electron chi connectivity index (χ2n) is 4.76. The van der Waals surface area contributed by atoms with E-state index in [9.17, 15) is 0 Å². The molecule has 1 N–H and O–H groups in total. The van der Waals surface area contributed by atoms with Crippen LogP contribution in [-0.4, -0.2) is 21.1 Å². The van der Waals surface area contributed by atoms with Gasteiger partial charge >= 0.3 is 0 Å². The minimum atomic E-state index is 0.802. The van der Waals surface area contributed by atoms with Crippen molar-refractivity contribution < 1.29 is 0 Å². The Hall–Kier alpha value is -1.58. The Morgan fingerprint density at radius 1 is 1.29 bits per heavy atom. The number of aromatic nitrogens is 3. The average molecular weight is 232 g/mol. The molecule has 17 heavy (non-hydrogen) atoms. The van der Waals surface area contributed by atoms with E-state index in [4.69, 9.17) is 0 Å². The second-order valence-corrected chi connectivity index (χ2v) is 4.76. The van der Waals surface area contributed by atoms with Crippen molar-refractivity contribution in [3.8, 4) is 0 Å². The highest BCUT2D eigenvalue weighted by atomic mass is 15.2. The van der Waals surface area contributed by atoms with Crippen LogP contribution in [0.25, 0.3) is 5.65 Å². The molecule has 0 aliphatic carbocycles. The molecule has 0 atom stereocenters. The summed E-state index contributed by atoms with van der Waals surface area (Å²) in [5.41, 5.74) is 0.886. The van der Waals surface area contributed by atoms with Gasteiger partial charge in [0, 0.05) is 18.8 Å². The van der Waals surface area contributed by atoms with E-state index in [-0.39, 0.29) is 0 Å². The van der Waals surface area contributed by atoms with Gasteiger partial charge in [-0.25, -0.2) is 9.50 Å². The van der Waals surface area contributed by atoms with Gasteiger partial charge in [0.05, 0.1) is 6.20 Å². The van der Waals surface area contributed by atoms with Gasteiger partial charge in [0.15, 0.2) is 5.65 Å². The lowest BCUT2D eigenvalue weighted by atomic mass is 10.1. The molecule has 4 heteroatoms. The van der Waals surface area contributed by atoms with Crippen LogP contribution in [0.4, 0.5) is 5.82 Å². The van der Waals surface area contributed by atoms with Crippen LogP contribution in [0.3, 0.4) is 0 Å². The van der Waals surface area contributed by atoms with Gasteiger partial charge < -0.3 is 5.32 Å². The number of anilines is 1. The van der Waals surface area contributed by atoms with E-state index in [0.717, 1.165) is 23.9 Å². The number of hydrogen-bond donors (Lipinski definition) is 1. The molecule has 92 valence electrons. The minimum Gasteiger partial charge on any atom is -0.370 e. The van der Waals surface area contributed by atoms with E-state index in [0.29, 0.717) is 0 Å². The predicted molar refractivity (Wildman–Crippen MR) is 70.2 cm³/mol. The van der Waals surface area contributed by atoms with Crippen LogP contribution in [0.5, 0.6) is 0 Å². The molecule has 2 aromatic rings. The quantitative estimate of drug-likeness (QED) is 0.779. The maximum absolute atomic E-state index is 4.46. The molecule has 0 fully saturated rings. The summed E-state index contributed by atoms with van der Waals surface area (Å²) in [5, 5.41) is 7.46. The summed E-state index contributed by atoms with van der Waals surface area (Å²) in [7, 11) is 0. The van der Waals surface area contributed by atoms with E-state index >= 15 is 0 Å². The fraction of sp³-hybridized carbons (Fsp3) is 0.538. The van der Waals surface area contributed by atoms with Crippen LogP contribution >= 0.6 is 0 Å². The van der Waals surface area contributed by atoms with Crippen molar-refractivity contribution in [1.29, 1.82) is 0 Å². The van der Waals surface area contributed by atoms with Crippen LogP contribution in [0.15, 0.2) is 24.5 Å². The second kappa shape index (κ2) is 5.66. The van der Waals surface area contributed by atoms with Gasteiger partial charge in [0.2, 0.25) is 0 Å². The summed E-state index contributed by atoms with van der Waals surface area (Å²) >= 11 is 0. The minimum absolute atomic E-state index is 0.802. The van der Waals surface area contributed by atoms with Crippen molar-refractivity contribution in [2.24, 2.45) is 5.92 Å². The van der Waals surface area contributed by atoms with Gasteiger partial charge in [-0.3, -0.25) is 0 Å². The maximum Gasteiger partial charge on any atom is 0.157 e.